The molecule has 0 saturated heterocycles. The third-order valence-electron chi connectivity index (χ3n) is 5.98. The molecule has 0 bridgehead atoms. The first-order valence-corrected chi connectivity index (χ1v) is 8.33. The summed E-state index contributed by atoms with van der Waals surface area (Å²) in [7, 11) is 0. The molecule has 4 unspecified atom stereocenters. The minimum atomic E-state index is 0.565. The van der Waals surface area contributed by atoms with Crippen molar-refractivity contribution in [2.24, 2.45) is 35.0 Å². The van der Waals surface area contributed by atoms with Crippen LogP contribution in [-0.2, 0) is 0 Å². The van der Waals surface area contributed by atoms with Crippen molar-refractivity contribution in [3.8, 4) is 0 Å². The van der Waals surface area contributed by atoms with Crippen LogP contribution in [0.4, 0.5) is 0 Å². The van der Waals surface area contributed by atoms with Gasteiger partial charge in [-0.05, 0) is 54.3 Å². The van der Waals surface area contributed by atoms with E-state index in [9.17, 15) is 0 Å². The molecule has 0 amide bonds. The highest BCUT2D eigenvalue weighted by Crippen LogP contribution is 2.53. The number of rotatable bonds is 7. The molecule has 0 aromatic rings. The predicted molar refractivity (Wildman–Crippen MR) is 82.7 cm³/mol. The number of hydrogen-bond acceptors (Lipinski definition) is 0. The van der Waals surface area contributed by atoms with Crippen molar-refractivity contribution < 1.29 is 0 Å². The predicted octanol–water partition coefficient (Wildman–Crippen LogP) is 6.16. The molecule has 0 spiro atoms. The molecule has 1 aliphatic carbocycles. The normalized spacial score (nSPS) is 30.3. The minimum absolute atomic E-state index is 0.565. The standard InChI is InChI=1S/C18H36/c1-8-15(13(3)4)10-11-18(6,7)17-12-14(5)16(17)9-2/h13-17H,8-12H2,1-7H3. The summed E-state index contributed by atoms with van der Waals surface area (Å²) < 4.78 is 0. The van der Waals surface area contributed by atoms with Crippen LogP contribution in [0, 0.1) is 35.0 Å². The quantitative estimate of drug-likeness (QED) is 0.509. The highest BCUT2D eigenvalue weighted by Gasteiger charge is 2.45. The van der Waals surface area contributed by atoms with Crippen molar-refractivity contribution in [2.45, 2.75) is 80.6 Å². The van der Waals surface area contributed by atoms with Crippen LogP contribution in [-0.4, -0.2) is 0 Å². The average Bonchev–Trinajstić information content (AvgIpc) is 2.26. The van der Waals surface area contributed by atoms with Gasteiger partial charge in [-0.2, -0.15) is 0 Å². The van der Waals surface area contributed by atoms with Gasteiger partial charge >= 0.3 is 0 Å². The molecule has 0 aromatic heterocycles. The number of hydrogen-bond donors (Lipinski definition) is 0. The fourth-order valence-corrected chi connectivity index (χ4v) is 4.29. The van der Waals surface area contributed by atoms with Crippen LogP contribution in [0.5, 0.6) is 0 Å². The van der Waals surface area contributed by atoms with Gasteiger partial charge in [-0.3, -0.25) is 0 Å². The molecule has 0 aromatic carbocycles. The molecule has 108 valence electrons. The average molecular weight is 252 g/mol. The van der Waals surface area contributed by atoms with E-state index in [1.54, 1.807) is 0 Å². The van der Waals surface area contributed by atoms with Gasteiger partial charge in [0.25, 0.3) is 0 Å². The van der Waals surface area contributed by atoms with E-state index in [0.717, 1.165) is 29.6 Å². The van der Waals surface area contributed by atoms with Crippen LogP contribution in [0.3, 0.4) is 0 Å². The Bertz CT molecular complexity index is 238. The highest BCUT2D eigenvalue weighted by molar-refractivity contribution is 4.94. The molecule has 0 N–H and O–H groups in total. The highest BCUT2D eigenvalue weighted by atomic mass is 14.5. The van der Waals surface area contributed by atoms with E-state index in [0.29, 0.717) is 5.41 Å². The van der Waals surface area contributed by atoms with E-state index in [-0.39, 0.29) is 0 Å². The van der Waals surface area contributed by atoms with Gasteiger partial charge in [0.1, 0.15) is 0 Å². The molecular weight excluding hydrogens is 216 g/mol. The third kappa shape index (κ3) is 3.52. The van der Waals surface area contributed by atoms with Gasteiger partial charge < -0.3 is 0 Å². The molecule has 0 radical (unpaired) electrons. The van der Waals surface area contributed by atoms with Crippen LogP contribution in [0.1, 0.15) is 80.6 Å². The Labute approximate surface area is 116 Å². The van der Waals surface area contributed by atoms with Gasteiger partial charge in [-0.1, -0.05) is 61.3 Å². The minimum Gasteiger partial charge on any atom is -0.0651 e. The summed E-state index contributed by atoms with van der Waals surface area (Å²) in [5, 5.41) is 0. The first-order valence-electron chi connectivity index (χ1n) is 8.33. The van der Waals surface area contributed by atoms with Gasteiger partial charge in [0.05, 0.1) is 0 Å². The Morgan fingerprint density at radius 2 is 1.78 bits per heavy atom. The molecular formula is C18H36. The van der Waals surface area contributed by atoms with E-state index >= 15 is 0 Å². The molecule has 1 aliphatic rings. The largest absolute Gasteiger partial charge is 0.0651 e. The molecule has 0 heterocycles. The van der Waals surface area contributed by atoms with Gasteiger partial charge in [0.2, 0.25) is 0 Å². The molecule has 1 fully saturated rings. The maximum Gasteiger partial charge on any atom is -0.0323 e. The molecule has 1 rings (SSSR count). The van der Waals surface area contributed by atoms with Crippen LogP contribution in [0.15, 0.2) is 0 Å². The van der Waals surface area contributed by atoms with E-state index in [1.807, 2.05) is 0 Å². The second-order valence-electron chi connectivity index (χ2n) is 7.83. The summed E-state index contributed by atoms with van der Waals surface area (Å²) in [6.45, 7) is 17.0. The van der Waals surface area contributed by atoms with Crippen molar-refractivity contribution in [2.75, 3.05) is 0 Å². The summed E-state index contributed by atoms with van der Waals surface area (Å²) in [5.41, 5.74) is 0.565. The molecule has 0 heteroatoms. The van der Waals surface area contributed by atoms with Crippen molar-refractivity contribution in [3.63, 3.8) is 0 Å². The van der Waals surface area contributed by atoms with Crippen molar-refractivity contribution in [3.05, 3.63) is 0 Å². The fraction of sp³-hybridized carbons (Fsp3) is 1.00. The molecule has 0 nitrogen and oxygen atoms in total. The Morgan fingerprint density at radius 3 is 2.17 bits per heavy atom. The first kappa shape index (κ1) is 16.1. The summed E-state index contributed by atoms with van der Waals surface area (Å²) in [4.78, 5) is 0. The second kappa shape index (κ2) is 6.44. The third-order valence-corrected chi connectivity index (χ3v) is 5.98. The summed E-state index contributed by atoms with van der Waals surface area (Å²) in [6, 6.07) is 0. The van der Waals surface area contributed by atoms with E-state index in [1.165, 1.54) is 32.1 Å². The molecule has 1 saturated carbocycles. The molecule has 18 heavy (non-hydrogen) atoms. The molecule has 0 aliphatic heterocycles. The summed E-state index contributed by atoms with van der Waals surface area (Å²) in [6.07, 6.45) is 7.08. The van der Waals surface area contributed by atoms with Gasteiger partial charge in [-0.15, -0.1) is 0 Å². The van der Waals surface area contributed by atoms with Gasteiger partial charge in [0.15, 0.2) is 0 Å². The maximum absolute atomic E-state index is 2.53. The topological polar surface area (TPSA) is 0 Å². The lowest BCUT2D eigenvalue weighted by atomic mass is 9.54. The van der Waals surface area contributed by atoms with E-state index in [4.69, 9.17) is 0 Å². The Kier molecular flexibility index (Phi) is 5.74. The van der Waals surface area contributed by atoms with Crippen LogP contribution >= 0.6 is 0 Å². The Balaban J connectivity index is 2.49. The zero-order valence-electron chi connectivity index (χ0n) is 13.9. The lowest BCUT2D eigenvalue weighted by Gasteiger charge is -2.52. The molecule has 4 atom stereocenters. The van der Waals surface area contributed by atoms with Crippen molar-refractivity contribution in [1.82, 2.24) is 0 Å². The van der Waals surface area contributed by atoms with Crippen molar-refractivity contribution >= 4 is 0 Å². The zero-order valence-corrected chi connectivity index (χ0v) is 13.9. The monoisotopic (exact) mass is 252 g/mol. The SMILES string of the molecule is CCC(CCC(C)(C)C1CC(C)C1CC)C(C)C. The van der Waals surface area contributed by atoms with Gasteiger partial charge in [-0.25, -0.2) is 0 Å². The Morgan fingerprint density at radius 1 is 1.17 bits per heavy atom. The Hall–Kier alpha value is 0. The first-order chi connectivity index (χ1) is 8.33. The summed E-state index contributed by atoms with van der Waals surface area (Å²) >= 11 is 0. The maximum atomic E-state index is 2.53. The van der Waals surface area contributed by atoms with E-state index < -0.39 is 0 Å². The zero-order chi connectivity index (χ0) is 13.9. The fourth-order valence-electron chi connectivity index (χ4n) is 4.29. The van der Waals surface area contributed by atoms with Gasteiger partial charge in [0, 0.05) is 0 Å². The summed E-state index contributed by atoms with van der Waals surface area (Å²) in [5.74, 6) is 4.75. The van der Waals surface area contributed by atoms with Crippen LogP contribution in [0.2, 0.25) is 0 Å². The second-order valence-corrected chi connectivity index (χ2v) is 7.83. The smallest absolute Gasteiger partial charge is 0.0323 e. The van der Waals surface area contributed by atoms with Crippen molar-refractivity contribution in [1.29, 1.82) is 0 Å². The lowest BCUT2D eigenvalue weighted by Crippen LogP contribution is -2.43. The van der Waals surface area contributed by atoms with Crippen LogP contribution in [0.25, 0.3) is 0 Å². The van der Waals surface area contributed by atoms with Crippen LogP contribution < -0.4 is 0 Å². The van der Waals surface area contributed by atoms with E-state index in [2.05, 4.69) is 48.5 Å². The lowest BCUT2D eigenvalue weighted by molar-refractivity contribution is -0.0224.